The molecular formula is C10H14BrNO2S. The van der Waals surface area contributed by atoms with Crippen LogP contribution in [0.2, 0.25) is 0 Å². The Hall–Kier alpha value is -0.550. The summed E-state index contributed by atoms with van der Waals surface area (Å²) in [6, 6.07) is 3.96. The number of halogens is 1. The summed E-state index contributed by atoms with van der Waals surface area (Å²) in [5, 5.41) is 10.0. The summed E-state index contributed by atoms with van der Waals surface area (Å²) >= 11 is 5.00. The molecule has 0 aromatic carbocycles. The third-order valence-corrected chi connectivity index (χ3v) is 4.01. The third kappa shape index (κ3) is 3.50. The van der Waals surface area contributed by atoms with E-state index in [9.17, 15) is 4.79 Å². The van der Waals surface area contributed by atoms with Crippen molar-refractivity contribution in [2.24, 2.45) is 5.92 Å². The fourth-order valence-corrected chi connectivity index (χ4v) is 2.64. The number of carboxylic acid groups (broad SMARTS) is 1. The van der Waals surface area contributed by atoms with Crippen LogP contribution in [0.1, 0.15) is 13.3 Å². The lowest BCUT2D eigenvalue weighted by atomic mass is 10.1. The zero-order valence-electron chi connectivity index (χ0n) is 8.74. The van der Waals surface area contributed by atoms with Crippen LogP contribution in [0.15, 0.2) is 15.9 Å². The van der Waals surface area contributed by atoms with Gasteiger partial charge in [0, 0.05) is 13.6 Å². The molecule has 1 atom stereocenters. The van der Waals surface area contributed by atoms with Gasteiger partial charge in [0.05, 0.1) is 14.7 Å². The van der Waals surface area contributed by atoms with Gasteiger partial charge in [-0.1, -0.05) is 6.92 Å². The number of thiophene rings is 1. The van der Waals surface area contributed by atoms with Crippen molar-refractivity contribution < 1.29 is 9.90 Å². The van der Waals surface area contributed by atoms with E-state index in [1.54, 1.807) is 11.3 Å². The normalized spacial score (nSPS) is 12.5. The molecule has 1 N–H and O–H groups in total. The third-order valence-electron chi connectivity index (χ3n) is 2.27. The maximum absolute atomic E-state index is 10.9. The molecule has 1 rings (SSSR count). The van der Waals surface area contributed by atoms with Crippen LogP contribution in [-0.4, -0.2) is 24.7 Å². The van der Waals surface area contributed by atoms with Crippen LogP contribution in [0.5, 0.6) is 0 Å². The summed E-state index contributed by atoms with van der Waals surface area (Å²) in [6.45, 7) is 2.45. The van der Waals surface area contributed by atoms with Gasteiger partial charge in [0.2, 0.25) is 0 Å². The van der Waals surface area contributed by atoms with Gasteiger partial charge in [-0.2, -0.15) is 0 Å². The average Bonchev–Trinajstić information content (AvgIpc) is 2.60. The van der Waals surface area contributed by atoms with Crippen LogP contribution < -0.4 is 4.90 Å². The Bertz CT molecular complexity index is 340. The van der Waals surface area contributed by atoms with Crippen molar-refractivity contribution >= 4 is 38.2 Å². The number of nitrogens with zero attached hydrogens (tertiary/aromatic N) is 1. The molecule has 1 unspecified atom stereocenters. The van der Waals surface area contributed by atoms with Gasteiger partial charge in [0.15, 0.2) is 0 Å². The molecule has 15 heavy (non-hydrogen) atoms. The largest absolute Gasteiger partial charge is 0.481 e. The Labute approximate surface area is 102 Å². The highest BCUT2D eigenvalue weighted by Crippen LogP contribution is 2.29. The molecule has 0 fully saturated rings. The highest BCUT2D eigenvalue weighted by molar-refractivity contribution is 9.11. The lowest BCUT2D eigenvalue weighted by molar-refractivity contribution is -0.141. The first kappa shape index (κ1) is 12.5. The molecule has 0 saturated carbocycles. The van der Waals surface area contributed by atoms with E-state index in [1.165, 1.54) is 0 Å². The van der Waals surface area contributed by atoms with E-state index in [0.717, 1.165) is 8.79 Å². The van der Waals surface area contributed by atoms with Crippen LogP contribution in [0, 0.1) is 5.92 Å². The number of aliphatic carboxylic acids is 1. The van der Waals surface area contributed by atoms with Crippen LogP contribution >= 0.6 is 27.3 Å². The maximum atomic E-state index is 10.9. The SMILES string of the molecule is CCC(CN(C)c1ccc(Br)s1)C(=O)O. The molecule has 1 aromatic rings. The van der Waals surface area contributed by atoms with Crippen molar-refractivity contribution in [3.8, 4) is 0 Å². The highest BCUT2D eigenvalue weighted by Gasteiger charge is 2.17. The molecule has 0 saturated heterocycles. The Balaban J connectivity index is 2.62. The van der Waals surface area contributed by atoms with Crippen molar-refractivity contribution in [2.75, 3.05) is 18.5 Å². The molecule has 3 nitrogen and oxygen atoms in total. The summed E-state index contributed by atoms with van der Waals surface area (Å²) in [7, 11) is 1.92. The van der Waals surface area contributed by atoms with Crippen LogP contribution in [0.25, 0.3) is 0 Å². The first-order chi connectivity index (χ1) is 7.04. The number of carboxylic acids is 1. The maximum Gasteiger partial charge on any atom is 0.308 e. The fraction of sp³-hybridized carbons (Fsp3) is 0.500. The summed E-state index contributed by atoms with van der Waals surface area (Å²) in [5.41, 5.74) is 0. The minimum atomic E-state index is -0.722. The predicted octanol–water partition coefficient (Wildman–Crippen LogP) is 3.06. The zero-order valence-corrected chi connectivity index (χ0v) is 11.1. The summed E-state index contributed by atoms with van der Waals surface area (Å²) in [6.07, 6.45) is 0.659. The molecule has 84 valence electrons. The van der Waals surface area contributed by atoms with Crippen LogP contribution in [0.4, 0.5) is 5.00 Å². The van der Waals surface area contributed by atoms with Crippen molar-refractivity contribution in [2.45, 2.75) is 13.3 Å². The second kappa shape index (κ2) is 5.51. The number of anilines is 1. The molecule has 0 radical (unpaired) electrons. The van der Waals surface area contributed by atoms with Gasteiger partial charge in [0.25, 0.3) is 0 Å². The van der Waals surface area contributed by atoms with Crippen molar-refractivity contribution in [1.29, 1.82) is 0 Å². The summed E-state index contributed by atoms with van der Waals surface area (Å²) in [5.74, 6) is -1.02. The Kier molecular flexibility index (Phi) is 4.60. The van der Waals surface area contributed by atoms with E-state index in [0.29, 0.717) is 13.0 Å². The zero-order chi connectivity index (χ0) is 11.4. The van der Waals surface area contributed by atoms with E-state index in [-0.39, 0.29) is 5.92 Å². The van der Waals surface area contributed by atoms with Gasteiger partial charge in [-0.3, -0.25) is 4.79 Å². The molecule has 0 aliphatic heterocycles. The molecule has 0 amide bonds. The molecule has 0 bridgehead atoms. The second-order valence-corrected chi connectivity index (χ2v) is 5.84. The molecule has 5 heteroatoms. The first-order valence-electron chi connectivity index (χ1n) is 4.73. The monoisotopic (exact) mass is 291 g/mol. The topological polar surface area (TPSA) is 40.5 Å². The van der Waals surface area contributed by atoms with Gasteiger partial charge >= 0.3 is 5.97 Å². The minimum absolute atomic E-state index is 0.295. The molecule has 1 heterocycles. The Morgan fingerprint density at radius 1 is 1.67 bits per heavy atom. The van der Waals surface area contributed by atoms with E-state index in [4.69, 9.17) is 5.11 Å². The molecule has 0 aliphatic rings. The first-order valence-corrected chi connectivity index (χ1v) is 6.34. The average molecular weight is 292 g/mol. The van der Waals surface area contributed by atoms with Gasteiger partial charge < -0.3 is 10.0 Å². The molecule has 0 spiro atoms. The molecule has 1 aromatic heterocycles. The molecule has 0 aliphatic carbocycles. The van der Waals surface area contributed by atoms with E-state index in [1.807, 2.05) is 31.0 Å². The van der Waals surface area contributed by atoms with E-state index in [2.05, 4.69) is 15.9 Å². The van der Waals surface area contributed by atoms with Gasteiger partial charge in [-0.25, -0.2) is 0 Å². The van der Waals surface area contributed by atoms with Crippen molar-refractivity contribution in [3.05, 3.63) is 15.9 Å². The van der Waals surface area contributed by atoms with Crippen molar-refractivity contribution in [1.82, 2.24) is 0 Å². The smallest absolute Gasteiger partial charge is 0.308 e. The quantitative estimate of drug-likeness (QED) is 0.906. The number of hydrogen-bond acceptors (Lipinski definition) is 3. The highest BCUT2D eigenvalue weighted by atomic mass is 79.9. The standard InChI is InChI=1S/C10H14BrNO2S/c1-3-7(10(13)14)6-12(2)9-5-4-8(11)15-9/h4-5,7H,3,6H2,1-2H3,(H,13,14). The van der Waals surface area contributed by atoms with Crippen LogP contribution in [0.3, 0.4) is 0 Å². The Morgan fingerprint density at radius 2 is 2.33 bits per heavy atom. The molecular weight excluding hydrogens is 278 g/mol. The lowest BCUT2D eigenvalue weighted by Gasteiger charge is -2.20. The van der Waals surface area contributed by atoms with Gasteiger partial charge in [0.1, 0.15) is 0 Å². The van der Waals surface area contributed by atoms with Crippen molar-refractivity contribution in [3.63, 3.8) is 0 Å². The van der Waals surface area contributed by atoms with Gasteiger partial charge in [-0.15, -0.1) is 11.3 Å². The number of rotatable bonds is 5. The summed E-state index contributed by atoms with van der Waals surface area (Å²) in [4.78, 5) is 12.9. The predicted molar refractivity (Wildman–Crippen MR) is 66.7 cm³/mol. The second-order valence-electron chi connectivity index (χ2n) is 3.40. The van der Waals surface area contributed by atoms with Crippen LogP contribution in [-0.2, 0) is 4.79 Å². The lowest BCUT2D eigenvalue weighted by Crippen LogP contribution is -2.29. The van der Waals surface area contributed by atoms with E-state index >= 15 is 0 Å². The fourth-order valence-electron chi connectivity index (χ4n) is 1.31. The number of hydrogen-bond donors (Lipinski definition) is 1. The Morgan fingerprint density at radius 3 is 2.73 bits per heavy atom. The van der Waals surface area contributed by atoms with Gasteiger partial charge in [-0.05, 0) is 34.5 Å². The van der Waals surface area contributed by atoms with E-state index < -0.39 is 5.97 Å². The minimum Gasteiger partial charge on any atom is -0.481 e. The number of carbonyl (C=O) groups is 1. The summed E-state index contributed by atoms with van der Waals surface area (Å²) < 4.78 is 1.06.